The topological polar surface area (TPSA) is 50.2 Å². The molecule has 0 spiro atoms. The van der Waals surface area contributed by atoms with E-state index in [2.05, 4.69) is 16.9 Å². The lowest BCUT2D eigenvalue weighted by atomic mass is 10.0. The van der Waals surface area contributed by atoms with Crippen molar-refractivity contribution in [1.82, 2.24) is 19.8 Å². The molecular weight excluding hydrogens is 336 g/mol. The predicted octanol–water partition coefficient (Wildman–Crippen LogP) is 1.77. The minimum atomic E-state index is 0.0766. The number of aromatic nitrogens is 2. The number of nitrogens with zero attached hydrogens (tertiary/aromatic N) is 3. The van der Waals surface area contributed by atoms with Crippen LogP contribution in [0.3, 0.4) is 0 Å². The second kappa shape index (κ2) is 8.35. The second-order valence-electron chi connectivity index (χ2n) is 6.96. The molecule has 1 N–H and O–H groups in total. The van der Waals surface area contributed by atoms with Crippen LogP contribution in [-0.4, -0.2) is 46.5 Å². The maximum Gasteiger partial charge on any atom is 0.253 e. The molecule has 2 heterocycles. The number of rotatable bonds is 4. The molecule has 1 saturated heterocycles. The fourth-order valence-corrected chi connectivity index (χ4v) is 3.58. The van der Waals surface area contributed by atoms with Crippen LogP contribution in [0.15, 0.2) is 36.4 Å². The number of nitrogens with one attached hydrogen (secondary N) is 1. The van der Waals surface area contributed by atoms with Gasteiger partial charge in [0.1, 0.15) is 5.82 Å². The number of allylic oxidation sites excluding steroid dienone is 2. The predicted molar refractivity (Wildman–Crippen MR) is 110 cm³/mol. The third kappa shape index (κ3) is 4.03. The molecule has 1 fully saturated rings. The Balaban J connectivity index is 1.84. The molecule has 142 valence electrons. The molecule has 0 unspecified atom stereocenters. The molecule has 27 heavy (non-hydrogen) atoms. The van der Waals surface area contributed by atoms with Crippen molar-refractivity contribution in [2.45, 2.75) is 32.7 Å². The Morgan fingerprint density at radius 1 is 1.30 bits per heavy atom. The van der Waals surface area contributed by atoms with Crippen molar-refractivity contribution in [2.75, 3.05) is 20.1 Å². The normalized spacial score (nSPS) is 16.2. The second-order valence-corrected chi connectivity index (χ2v) is 6.96. The van der Waals surface area contributed by atoms with Crippen LogP contribution in [0.2, 0.25) is 0 Å². The zero-order chi connectivity index (χ0) is 19.4. The summed E-state index contributed by atoms with van der Waals surface area (Å²) in [5.74, 6) is 0.953. The van der Waals surface area contributed by atoms with Crippen LogP contribution in [0.25, 0.3) is 18.3 Å². The first kappa shape index (κ1) is 19.1. The van der Waals surface area contributed by atoms with E-state index in [4.69, 9.17) is 0 Å². The summed E-state index contributed by atoms with van der Waals surface area (Å²) in [7, 11) is 1.91. The van der Waals surface area contributed by atoms with Gasteiger partial charge in [0.15, 0.2) is 0 Å². The van der Waals surface area contributed by atoms with Gasteiger partial charge in [-0.15, -0.1) is 0 Å². The average molecular weight is 364 g/mol. The molecule has 1 aliphatic rings. The van der Waals surface area contributed by atoms with Crippen molar-refractivity contribution >= 4 is 18.6 Å². The average Bonchev–Trinajstić information content (AvgIpc) is 2.99. The Labute approximate surface area is 160 Å². The number of imidazole rings is 1. The van der Waals surface area contributed by atoms with E-state index in [9.17, 15) is 4.79 Å². The first-order valence-electron chi connectivity index (χ1n) is 9.48. The monoisotopic (exact) mass is 364 g/mol. The lowest BCUT2D eigenvalue weighted by Gasteiger charge is -2.31. The number of aryl methyl sites for hydroxylation is 1. The van der Waals surface area contributed by atoms with Crippen LogP contribution >= 0.6 is 0 Å². The van der Waals surface area contributed by atoms with Gasteiger partial charge in [-0.3, -0.25) is 9.36 Å². The zero-order valence-electron chi connectivity index (χ0n) is 16.4. The summed E-state index contributed by atoms with van der Waals surface area (Å²) in [4.78, 5) is 19.3. The maximum atomic E-state index is 12.8. The van der Waals surface area contributed by atoms with Crippen molar-refractivity contribution in [2.24, 2.45) is 0 Å². The van der Waals surface area contributed by atoms with Crippen LogP contribution < -0.4 is 16.0 Å². The maximum absolute atomic E-state index is 12.8. The fraction of sp³-hybridized carbons (Fsp3) is 0.364. The molecule has 0 saturated carbocycles. The van der Waals surface area contributed by atoms with Gasteiger partial charge in [-0.05, 0) is 70.1 Å². The number of benzene rings is 1. The highest BCUT2D eigenvalue weighted by molar-refractivity contribution is 5.94. The first-order valence-corrected chi connectivity index (χ1v) is 9.48. The van der Waals surface area contributed by atoms with E-state index in [0.29, 0.717) is 11.6 Å². The number of hydrogen-bond acceptors (Lipinski definition) is 3. The molecule has 1 aromatic heterocycles. The quantitative estimate of drug-likeness (QED) is 0.900. The molecule has 0 aliphatic carbocycles. The molecule has 1 aromatic carbocycles. The standard InChI is InChI=1S/C22H28N4O/c1-5-6-7-21-16(2)26(17(3)24-21)20-10-8-18(9-11-20)22(27)25(4)19-12-14-23-15-13-19/h5-11,19,23H,2,12-15H2,1,3-4H3/b6-5-,21-7+. The molecule has 1 aliphatic heterocycles. The summed E-state index contributed by atoms with van der Waals surface area (Å²) >= 11 is 0. The van der Waals surface area contributed by atoms with E-state index in [1.807, 2.05) is 72.9 Å². The SMILES string of the molecule is C=c1/c(=C\C=C/C)nc(C)n1-c1ccc(C(=O)N(C)C2CCNCC2)cc1. The third-order valence-electron chi connectivity index (χ3n) is 5.17. The summed E-state index contributed by atoms with van der Waals surface area (Å²) in [6, 6.07) is 8.02. The van der Waals surface area contributed by atoms with Crippen LogP contribution in [0.5, 0.6) is 0 Å². The summed E-state index contributed by atoms with van der Waals surface area (Å²) in [6.07, 6.45) is 7.89. The van der Waals surface area contributed by atoms with Crippen LogP contribution in [0.4, 0.5) is 0 Å². The van der Waals surface area contributed by atoms with Gasteiger partial charge < -0.3 is 10.2 Å². The van der Waals surface area contributed by atoms with Crippen molar-refractivity contribution in [1.29, 1.82) is 0 Å². The van der Waals surface area contributed by atoms with E-state index < -0.39 is 0 Å². The number of carbonyl (C=O) groups excluding carboxylic acids is 1. The highest BCUT2D eigenvalue weighted by atomic mass is 16.2. The van der Waals surface area contributed by atoms with E-state index in [-0.39, 0.29) is 5.91 Å². The smallest absolute Gasteiger partial charge is 0.253 e. The van der Waals surface area contributed by atoms with Crippen LogP contribution in [-0.2, 0) is 0 Å². The molecular formula is C22H28N4O. The Morgan fingerprint density at radius 2 is 1.96 bits per heavy atom. The Bertz CT molecular complexity index is 934. The number of hydrogen-bond donors (Lipinski definition) is 1. The molecule has 5 heteroatoms. The molecule has 0 atom stereocenters. The molecule has 1 amide bonds. The van der Waals surface area contributed by atoms with Gasteiger partial charge in [0.25, 0.3) is 5.91 Å². The van der Waals surface area contributed by atoms with Gasteiger partial charge in [-0.25, -0.2) is 4.98 Å². The van der Waals surface area contributed by atoms with Crippen molar-refractivity contribution < 1.29 is 4.79 Å². The summed E-state index contributed by atoms with van der Waals surface area (Å²) < 4.78 is 2.01. The van der Waals surface area contributed by atoms with E-state index in [0.717, 1.165) is 48.1 Å². The highest BCUT2D eigenvalue weighted by Gasteiger charge is 2.22. The highest BCUT2D eigenvalue weighted by Crippen LogP contribution is 2.15. The Kier molecular flexibility index (Phi) is 5.91. The lowest BCUT2D eigenvalue weighted by molar-refractivity contribution is 0.0703. The van der Waals surface area contributed by atoms with E-state index in [1.54, 1.807) is 0 Å². The van der Waals surface area contributed by atoms with Gasteiger partial charge in [0.05, 0.1) is 10.7 Å². The van der Waals surface area contributed by atoms with Gasteiger partial charge in [0.2, 0.25) is 0 Å². The molecule has 0 bridgehead atoms. The molecule has 2 aromatic rings. The molecule has 3 rings (SSSR count). The van der Waals surface area contributed by atoms with Gasteiger partial charge in [-0.1, -0.05) is 18.7 Å². The van der Waals surface area contributed by atoms with Crippen molar-refractivity contribution in [3.63, 3.8) is 0 Å². The third-order valence-corrected chi connectivity index (χ3v) is 5.17. The number of piperidine rings is 1. The fourth-order valence-electron chi connectivity index (χ4n) is 3.58. The van der Waals surface area contributed by atoms with E-state index in [1.165, 1.54) is 0 Å². The van der Waals surface area contributed by atoms with Gasteiger partial charge in [0, 0.05) is 24.3 Å². The van der Waals surface area contributed by atoms with Gasteiger partial charge >= 0.3 is 0 Å². The van der Waals surface area contributed by atoms with Crippen LogP contribution in [0, 0.1) is 6.92 Å². The summed E-state index contributed by atoms with van der Waals surface area (Å²) in [6.45, 7) is 10.1. The minimum Gasteiger partial charge on any atom is -0.339 e. The number of carbonyl (C=O) groups is 1. The van der Waals surface area contributed by atoms with Crippen LogP contribution in [0.1, 0.15) is 35.9 Å². The Hall–Kier alpha value is -2.66. The summed E-state index contributed by atoms with van der Waals surface area (Å²) in [5.41, 5.74) is 1.68. The van der Waals surface area contributed by atoms with E-state index >= 15 is 0 Å². The minimum absolute atomic E-state index is 0.0766. The summed E-state index contributed by atoms with van der Waals surface area (Å²) in [5, 5.41) is 5.04. The zero-order valence-corrected chi connectivity index (χ0v) is 16.4. The molecule has 5 nitrogen and oxygen atoms in total. The lowest BCUT2D eigenvalue weighted by Crippen LogP contribution is -2.43. The van der Waals surface area contributed by atoms with Crippen molar-refractivity contribution in [3.05, 3.63) is 58.5 Å². The Morgan fingerprint density at radius 3 is 2.59 bits per heavy atom. The first-order chi connectivity index (χ1) is 13.0. The largest absolute Gasteiger partial charge is 0.339 e. The van der Waals surface area contributed by atoms with Crippen molar-refractivity contribution in [3.8, 4) is 5.69 Å². The van der Waals surface area contributed by atoms with Gasteiger partial charge in [-0.2, -0.15) is 0 Å². The molecule has 0 radical (unpaired) electrons. The number of amides is 1.